The van der Waals surface area contributed by atoms with Crippen LogP contribution in [0.5, 0.6) is 0 Å². The Kier molecular flexibility index (Phi) is 47.8. The van der Waals surface area contributed by atoms with Gasteiger partial charge in [0.2, 0.25) is 5.91 Å². The molecule has 4 atom stereocenters. The van der Waals surface area contributed by atoms with Gasteiger partial charge in [0.1, 0.15) is 12.2 Å². The van der Waals surface area contributed by atoms with Crippen LogP contribution >= 0.6 is 0 Å². The van der Waals surface area contributed by atoms with Crippen molar-refractivity contribution in [1.29, 1.82) is 0 Å². The zero-order chi connectivity index (χ0) is 43.8. The standard InChI is InChI=1S/C54H105NO5/c1-3-5-7-9-11-13-15-17-19-21-23-25-26-27-28-30-32-34-36-38-40-42-44-46-48-52(58)54(60)55-50(49-56)53(59)51(57)47-45-43-41-39-37-35-33-31-29-24-22-20-18-16-14-12-10-8-6-4-2/h27-28,39,41,50-53,56-59H,3-26,29-38,40,42-49H2,1-2H3,(H,55,60)/b28-27-,41-39+. The molecule has 5 N–H and O–H groups in total. The first-order valence-corrected chi connectivity index (χ1v) is 26.7. The first-order chi connectivity index (χ1) is 29.5. The number of aliphatic hydroxyl groups excluding tert-OH is 4. The van der Waals surface area contributed by atoms with E-state index < -0.39 is 36.9 Å². The third-order valence-electron chi connectivity index (χ3n) is 12.6. The molecule has 0 aliphatic rings. The maximum Gasteiger partial charge on any atom is 0.249 e. The molecule has 60 heavy (non-hydrogen) atoms. The lowest BCUT2D eigenvalue weighted by Gasteiger charge is -2.27. The van der Waals surface area contributed by atoms with Gasteiger partial charge in [0.25, 0.3) is 0 Å². The molecule has 0 fully saturated rings. The number of carbonyl (C=O) groups excluding carboxylic acids is 1. The maximum absolute atomic E-state index is 12.6. The van der Waals surface area contributed by atoms with Crippen LogP contribution in [0.25, 0.3) is 0 Å². The summed E-state index contributed by atoms with van der Waals surface area (Å²) in [4.78, 5) is 12.6. The Balaban J connectivity index is 3.68. The minimum atomic E-state index is -1.28. The van der Waals surface area contributed by atoms with Crippen molar-refractivity contribution in [1.82, 2.24) is 5.32 Å². The van der Waals surface area contributed by atoms with Gasteiger partial charge in [-0.15, -0.1) is 0 Å². The van der Waals surface area contributed by atoms with Crippen molar-refractivity contribution in [3.8, 4) is 0 Å². The molecule has 4 unspecified atom stereocenters. The molecule has 356 valence electrons. The van der Waals surface area contributed by atoms with E-state index in [9.17, 15) is 25.2 Å². The summed E-state index contributed by atoms with van der Waals surface area (Å²) in [6.45, 7) is 4.07. The Labute approximate surface area is 374 Å². The lowest BCUT2D eigenvalue weighted by Crippen LogP contribution is -2.53. The molecule has 0 heterocycles. The summed E-state index contributed by atoms with van der Waals surface area (Å²) >= 11 is 0. The van der Waals surface area contributed by atoms with Crippen molar-refractivity contribution < 1.29 is 25.2 Å². The average Bonchev–Trinajstić information content (AvgIpc) is 3.25. The minimum absolute atomic E-state index is 0.361. The van der Waals surface area contributed by atoms with Crippen molar-refractivity contribution >= 4 is 5.91 Å². The van der Waals surface area contributed by atoms with E-state index in [1.807, 2.05) is 0 Å². The summed E-state index contributed by atoms with van der Waals surface area (Å²) in [5, 5.41) is 43.9. The van der Waals surface area contributed by atoms with Crippen LogP contribution in [0.4, 0.5) is 0 Å². The van der Waals surface area contributed by atoms with Gasteiger partial charge in [0, 0.05) is 0 Å². The summed E-state index contributed by atoms with van der Waals surface area (Å²) in [5.41, 5.74) is 0. The fourth-order valence-electron chi connectivity index (χ4n) is 8.40. The van der Waals surface area contributed by atoms with Crippen molar-refractivity contribution in [3.05, 3.63) is 24.3 Å². The quantitative estimate of drug-likeness (QED) is 0.0309. The lowest BCUT2D eigenvalue weighted by atomic mass is 10.00. The van der Waals surface area contributed by atoms with Crippen LogP contribution in [-0.4, -0.2) is 57.3 Å². The van der Waals surface area contributed by atoms with Gasteiger partial charge in [-0.05, 0) is 64.2 Å². The molecule has 0 aliphatic carbocycles. The molecule has 0 aromatic heterocycles. The summed E-state index contributed by atoms with van der Waals surface area (Å²) in [7, 11) is 0. The number of rotatable bonds is 49. The van der Waals surface area contributed by atoms with Crippen LogP contribution in [-0.2, 0) is 4.79 Å². The van der Waals surface area contributed by atoms with Gasteiger partial charge in [-0.2, -0.15) is 0 Å². The van der Waals surface area contributed by atoms with E-state index in [-0.39, 0.29) is 0 Å². The molecule has 0 saturated heterocycles. The molecule has 6 nitrogen and oxygen atoms in total. The van der Waals surface area contributed by atoms with Crippen molar-refractivity contribution in [3.63, 3.8) is 0 Å². The molecular weight excluding hydrogens is 743 g/mol. The minimum Gasteiger partial charge on any atom is -0.394 e. The van der Waals surface area contributed by atoms with Gasteiger partial charge in [0.05, 0.1) is 18.8 Å². The Morgan fingerprint density at radius 2 is 0.683 bits per heavy atom. The zero-order valence-corrected chi connectivity index (χ0v) is 40.2. The van der Waals surface area contributed by atoms with E-state index in [0.29, 0.717) is 12.8 Å². The van der Waals surface area contributed by atoms with Gasteiger partial charge in [-0.25, -0.2) is 0 Å². The first kappa shape index (κ1) is 58.8. The number of aliphatic hydroxyl groups is 4. The van der Waals surface area contributed by atoms with Gasteiger partial charge >= 0.3 is 0 Å². The molecule has 0 aliphatic heterocycles. The molecule has 0 saturated carbocycles. The van der Waals surface area contributed by atoms with Gasteiger partial charge in [0.15, 0.2) is 0 Å². The molecule has 0 rings (SSSR count). The first-order valence-electron chi connectivity index (χ1n) is 26.7. The van der Waals surface area contributed by atoms with Crippen LogP contribution in [0.1, 0.15) is 284 Å². The molecule has 0 aromatic rings. The predicted octanol–water partition coefficient (Wildman–Crippen LogP) is 15.1. The SMILES string of the molecule is CCCCCCCCCCCCCC/C=C\CCCCCCCCCCC(O)C(=O)NC(CO)C(O)C(O)CCC/C=C/CCCCCCCCCCCCCCCCC. The highest BCUT2D eigenvalue weighted by atomic mass is 16.3. The monoisotopic (exact) mass is 848 g/mol. The third kappa shape index (κ3) is 42.1. The molecule has 6 heteroatoms. The zero-order valence-electron chi connectivity index (χ0n) is 40.2. The van der Waals surface area contributed by atoms with Crippen molar-refractivity contribution in [2.75, 3.05) is 6.61 Å². The van der Waals surface area contributed by atoms with Gasteiger partial charge in [-0.1, -0.05) is 244 Å². The van der Waals surface area contributed by atoms with Crippen LogP contribution in [0.15, 0.2) is 24.3 Å². The number of hydrogen-bond donors (Lipinski definition) is 5. The van der Waals surface area contributed by atoms with E-state index in [1.165, 1.54) is 218 Å². The second kappa shape index (κ2) is 48.8. The average molecular weight is 848 g/mol. The van der Waals surface area contributed by atoms with E-state index >= 15 is 0 Å². The number of nitrogens with one attached hydrogen (secondary N) is 1. The Morgan fingerprint density at radius 1 is 0.400 bits per heavy atom. The summed E-state index contributed by atoms with van der Waals surface area (Å²) in [6.07, 6.45) is 58.1. The van der Waals surface area contributed by atoms with Crippen LogP contribution in [0.2, 0.25) is 0 Å². The van der Waals surface area contributed by atoms with Crippen molar-refractivity contribution in [2.24, 2.45) is 0 Å². The molecule has 1 amide bonds. The van der Waals surface area contributed by atoms with E-state index in [4.69, 9.17) is 0 Å². The highest BCUT2D eigenvalue weighted by molar-refractivity contribution is 5.80. The number of hydrogen-bond acceptors (Lipinski definition) is 5. The summed E-state index contributed by atoms with van der Waals surface area (Å²) in [5.74, 6) is -0.592. The van der Waals surface area contributed by atoms with E-state index in [1.54, 1.807) is 0 Å². The summed E-state index contributed by atoms with van der Waals surface area (Å²) in [6, 6.07) is -1.00. The fraction of sp³-hybridized carbons (Fsp3) is 0.907. The van der Waals surface area contributed by atoms with Crippen LogP contribution in [0.3, 0.4) is 0 Å². The Morgan fingerprint density at radius 3 is 1.00 bits per heavy atom. The Hall–Kier alpha value is -1.21. The summed E-state index contributed by atoms with van der Waals surface area (Å²) < 4.78 is 0. The largest absolute Gasteiger partial charge is 0.394 e. The predicted molar refractivity (Wildman–Crippen MR) is 261 cm³/mol. The maximum atomic E-state index is 12.6. The smallest absolute Gasteiger partial charge is 0.249 e. The number of carbonyl (C=O) groups is 1. The highest BCUT2D eigenvalue weighted by Crippen LogP contribution is 2.17. The van der Waals surface area contributed by atoms with Crippen molar-refractivity contribution in [2.45, 2.75) is 308 Å². The number of amides is 1. The van der Waals surface area contributed by atoms with Crippen LogP contribution < -0.4 is 5.32 Å². The topological polar surface area (TPSA) is 110 Å². The third-order valence-corrected chi connectivity index (χ3v) is 12.6. The van der Waals surface area contributed by atoms with Gasteiger partial charge in [-0.3, -0.25) is 4.79 Å². The number of allylic oxidation sites excluding steroid dienone is 4. The molecule has 0 spiro atoms. The number of unbranched alkanes of at least 4 members (excludes halogenated alkanes) is 36. The van der Waals surface area contributed by atoms with Gasteiger partial charge < -0.3 is 25.7 Å². The second-order valence-corrected chi connectivity index (χ2v) is 18.6. The Bertz CT molecular complexity index is 909. The molecule has 0 radical (unpaired) electrons. The van der Waals surface area contributed by atoms with E-state index in [0.717, 1.165) is 38.5 Å². The lowest BCUT2D eigenvalue weighted by molar-refractivity contribution is -0.132. The van der Waals surface area contributed by atoms with E-state index in [2.05, 4.69) is 43.5 Å². The van der Waals surface area contributed by atoms with Crippen LogP contribution in [0, 0.1) is 0 Å². The normalized spacial score (nSPS) is 14.0. The highest BCUT2D eigenvalue weighted by Gasteiger charge is 2.28. The second-order valence-electron chi connectivity index (χ2n) is 18.6. The molecule has 0 aromatic carbocycles. The fourth-order valence-corrected chi connectivity index (χ4v) is 8.40. The molecular formula is C54H105NO5. The molecule has 0 bridgehead atoms.